The van der Waals surface area contributed by atoms with Gasteiger partial charge in [-0.1, -0.05) is 13.3 Å². The highest BCUT2D eigenvalue weighted by Crippen LogP contribution is 2.56. The van der Waals surface area contributed by atoms with Gasteiger partial charge < -0.3 is 19.3 Å². The topological polar surface area (TPSA) is 51.2 Å². The van der Waals surface area contributed by atoms with Gasteiger partial charge in [-0.25, -0.2) is 0 Å². The third-order valence-corrected chi connectivity index (χ3v) is 4.88. The molecule has 1 spiro atoms. The monoisotopic (exact) mass is 240 g/mol. The van der Waals surface area contributed by atoms with Crippen LogP contribution in [0.3, 0.4) is 0 Å². The van der Waals surface area contributed by atoms with E-state index in [0.717, 1.165) is 32.1 Å². The van der Waals surface area contributed by atoms with E-state index in [1.165, 1.54) is 0 Å². The fourth-order valence-corrected chi connectivity index (χ4v) is 4.04. The van der Waals surface area contributed by atoms with E-state index in [9.17, 15) is 5.11 Å². The van der Waals surface area contributed by atoms with E-state index in [0.29, 0.717) is 6.10 Å². The lowest BCUT2D eigenvalue weighted by Crippen LogP contribution is -2.55. The molecule has 4 heteroatoms. The van der Waals surface area contributed by atoms with E-state index in [1.54, 1.807) is 0 Å². The highest BCUT2D eigenvalue weighted by molar-refractivity contribution is 5.20. The van der Waals surface area contributed by atoms with Crippen molar-refractivity contribution in [1.29, 1.82) is 0 Å². The molecule has 2 bridgehead atoms. The van der Waals surface area contributed by atoms with Crippen LogP contribution in [0.5, 0.6) is 0 Å². The number of ether oxygens (including phenoxy) is 3. The predicted molar refractivity (Wildman–Crippen MR) is 59.7 cm³/mol. The Labute approximate surface area is 101 Å². The number of rotatable bonds is 2. The summed E-state index contributed by atoms with van der Waals surface area (Å²) in [7, 11) is 0. The zero-order chi connectivity index (χ0) is 11.6. The molecule has 1 N–H and O–H groups in total. The van der Waals surface area contributed by atoms with Gasteiger partial charge in [0, 0.05) is 6.42 Å². The smallest absolute Gasteiger partial charge is 0.126 e. The fraction of sp³-hybridized carbons (Fsp3) is 1.00. The third-order valence-electron chi connectivity index (χ3n) is 4.88. The lowest BCUT2D eigenvalue weighted by molar-refractivity contribution is -0.176. The lowest BCUT2D eigenvalue weighted by atomic mass is 9.77. The number of fused-ring (bicyclic) bond motifs is 2. The molecule has 0 amide bonds. The zero-order valence-electron chi connectivity index (χ0n) is 10.2. The van der Waals surface area contributed by atoms with Crippen molar-refractivity contribution in [3.8, 4) is 0 Å². The van der Waals surface area contributed by atoms with Crippen LogP contribution in [0.4, 0.5) is 0 Å². The predicted octanol–water partition coefficient (Wildman–Crippen LogP) is 1.00. The van der Waals surface area contributed by atoms with Gasteiger partial charge in [-0.2, -0.15) is 0 Å². The van der Waals surface area contributed by atoms with Gasteiger partial charge in [0.25, 0.3) is 0 Å². The van der Waals surface area contributed by atoms with Crippen LogP contribution < -0.4 is 0 Å². The minimum atomic E-state index is -0.440. The SMILES string of the molecule is CCC[C@H]1CC[C@@H]2O[C@@H]3C[C@@]2(O1)[C@H]1OC1[C@H]3O. The Kier molecular flexibility index (Phi) is 2.17. The van der Waals surface area contributed by atoms with E-state index < -0.39 is 6.10 Å². The molecule has 0 aromatic heterocycles. The first-order valence-corrected chi connectivity index (χ1v) is 6.91. The van der Waals surface area contributed by atoms with Gasteiger partial charge in [0.15, 0.2) is 0 Å². The molecule has 1 aliphatic carbocycles. The molecule has 3 aliphatic heterocycles. The van der Waals surface area contributed by atoms with E-state index in [-0.39, 0.29) is 30.0 Å². The second-order valence-corrected chi connectivity index (χ2v) is 5.94. The molecular formula is C13H20O4. The number of aliphatic hydroxyl groups excluding tert-OH is 1. The van der Waals surface area contributed by atoms with Crippen LogP contribution in [0.2, 0.25) is 0 Å². The van der Waals surface area contributed by atoms with Crippen molar-refractivity contribution in [3.63, 3.8) is 0 Å². The second-order valence-electron chi connectivity index (χ2n) is 5.94. The average molecular weight is 240 g/mol. The van der Waals surface area contributed by atoms with Crippen LogP contribution in [-0.4, -0.2) is 47.3 Å². The Morgan fingerprint density at radius 2 is 2.18 bits per heavy atom. The van der Waals surface area contributed by atoms with E-state index in [2.05, 4.69) is 6.92 Å². The molecule has 4 aliphatic rings. The van der Waals surface area contributed by atoms with Crippen molar-refractivity contribution in [2.75, 3.05) is 0 Å². The maximum absolute atomic E-state index is 10.0. The summed E-state index contributed by atoms with van der Waals surface area (Å²) in [6.07, 6.45) is 5.30. The fourth-order valence-electron chi connectivity index (χ4n) is 4.04. The van der Waals surface area contributed by atoms with Gasteiger partial charge in [-0.3, -0.25) is 0 Å². The number of hydrogen-bond donors (Lipinski definition) is 1. The van der Waals surface area contributed by atoms with E-state index in [4.69, 9.17) is 14.2 Å². The Morgan fingerprint density at radius 1 is 1.29 bits per heavy atom. The van der Waals surface area contributed by atoms with E-state index >= 15 is 0 Å². The molecular weight excluding hydrogens is 220 g/mol. The van der Waals surface area contributed by atoms with Crippen LogP contribution in [0.25, 0.3) is 0 Å². The average Bonchev–Trinajstić information content (AvgIpc) is 3.04. The van der Waals surface area contributed by atoms with Crippen molar-refractivity contribution in [3.05, 3.63) is 0 Å². The molecule has 0 radical (unpaired) electrons. The molecule has 7 atom stereocenters. The lowest BCUT2D eigenvalue weighted by Gasteiger charge is -2.42. The molecule has 3 heterocycles. The van der Waals surface area contributed by atoms with Crippen molar-refractivity contribution in [2.24, 2.45) is 0 Å². The van der Waals surface area contributed by atoms with Crippen LogP contribution in [-0.2, 0) is 14.2 Å². The quantitative estimate of drug-likeness (QED) is 0.732. The Balaban J connectivity index is 1.61. The standard InChI is InChI=1S/C13H20O4/c1-2-3-7-4-5-9-13(17-7)6-8(15-9)10(14)11-12(13)16-11/h7-12,14H,2-6H2,1H3/t7-,8+,9-,10-,11?,12-,13-/m0/s1. The van der Waals surface area contributed by atoms with Crippen molar-refractivity contribution >= 4 is 0 Å². The number of epoxide rings is 1. The van der Waals surface area contributed by atoms with Crippen molar-refractivity contribution in [1.82, 2.24) is 0 Å². The molecule has 4 fully saturated rings. The van der Waals surface area contributed by atoms with Crippen LogP contribution in [0.15, 0.2) is 0 Å². The first-order valence-electron chi connectivity index (χ1n) is 6.91. The molecule has 3 saturated heterocycles. The van der Waals surface area contributed by atoms with Gasteiger partial charge in [-0.15, -0.1) is 0 Å². The molecule has 17 heavy (non-hydrogen) atoms. The summed E-state index contributed by atoms with van der Waals surface area (Å²) in [5.74, 6) is 0. The van der Waals surface area contributed by atoms with Gasteiger partial charge in [0.1, 0.15) is 23.9 Å². The second kappa shape index (κ2) is 3.44. The van der Waals surface area contributed by atoms with Crippen LogP contribution in [0, 0.1) is 0 Å². The highest BCUT2D eigenvalue weighted by atomic mass is 16.7. The van der Waals surface area contributed by atoms with Crippen molar-refractivity contribution < 1.29 is 19.3 Å². The van der Waals surface area contributed by atoms with Gasteiger partial charge >= 0.3 is 0 Å². The summed E-state index contributed by atoms with van der Waals surface area (Å²) in [4.78, 5) is 0. The summed E-state index contributed by atoms with van der Waals surface area (Å²) < 4.78 is 18.0. The normalized spacial score (nSPS) is 59.6. The third kappa shape index (κ3) is 1.33. The van der Waals surface area contributed by atoms with Crippen LogP contribution in [0.1, 0.15) is 39.0 Å². The molecule has 4 nitrogen and oxygen atoms in total. The minimum Gasteiger partial charge on any atom is -0.388 e. The Hall–Kier alpha value is -0.160. The maximum Gasteiger partial charge on any atom is 0.126 e. The first kappa shape index (κ1) is 10.7. The minimum absolute atomic E-state index is 0.0286. The highest BCUT2D eigenvalue weighted by Gasteiger charge is 2.72. The first-order chi connectivity index (χ1) is 8.24. The van der Waals surface area contributed by atoms with Gasteiger partial charge in [0.05, 0.1) is 18.3 Å². The van der Waals surface area contributed by atoms with Crippen molar-refractivity contribution in [2.45, 2.75) is 81.3 Å². The molecule has 0 aromatic carbocycles. The molecule has 1 unspecified atom stereocenters. The summed E-state index contributed by atoms with van der Waals surface area (Å²) in [6.45, 7) is 2.20. The van der Waals surface area contributed by atoms with Gasteiger partial charge in [0.2, 0.25) is 0 Å². The number of hydrogen-bond acceptors (Lipinski definition) is 4. The summed E-state index contributed by atoms with van der Waals surface area (Å²) >= 11 is 0. The molecule has 96 valence electrons. The number of aliphatic hydroxyl groups is 1. The molecule has 4 rings (SSSR count). The summed E-state index contributed by atoms with van der Waals surface area (Å²) in [5.41, 5.74) is -0.230. The van der Waals surface area contributed by atoms with Gasteiger partial charge in [-0.05, 0) is 19.3 Å². The Morgan fingerprint density at radius 3 is 3.00 bits per heavy atom. The summed E-state index contributed by atoms with van der Waals surface area (Å²) in [5, 5.41) is 10.0. The Bertz CT molecular complexity index is 333. The van der Waals surface area contributed by atoms with E-state index in [1.807, 2.05) is 0 Å². The largest absolute Gasteiger partial charge is 0.388 e. The summed E-state index contributed by atoms with van der Waals surface area (Å²) in [6, 6.07) is 0. The molecule has 0 aromatic rings. The molecule has 1 saturated carbocycles. The maximum atomic E-state index is 10.0. The zero-order valence-corrected chi connectivity index (χ0v) is 10.2. The van der Waals surface area contributed by atoms with Crippen LogP contribution >= 0.6 is 0 Å².